The van der Waals surface area contributed by atoms with Gasteiger partial charge in [-0.1, -0.05) is 5.16 Å². The molecule has 6 heteroatoms. The van der Waals surface area contributed by atoms with E-state index in [1.54, 1.807) is 0 Å². The molecule has 3 heterocycles. The number of thioether (sulfide) groups is 1. The normalized spacial score (nSPS) is 32.9. The van der Waals surface area contributed by atoms with Gasteiger partial charge in [0.15, 0.2) is 5.82 Å². The van der Waals surface area contributed by atoms with Gasteiger partial charge in [-0.3, -0.25) is 9.80 Å². The van der Waals surface area contributed by atoms with E-state index in [0.29, 0.717) is 4.75 Å². The van der Waals surface area contributed by atoms with Crippen LogP contribution in [0.15, 0.2) is 4.52 Å². The molecule has 5 nitrogen and oxygen atoms in total. The summed E-state index contributed by atoms with van der Waals surface area (Å²) < 4.78 is 5.82. The van der Waals surface area contributed by atoms with Crippen LogP contribution in [0, 0.1) is 6.92 Å². The molecule has 20 heavy (non-hydrogen) atoms. The first kappa shape index (κ1) is 14.4. The summed E-state index contributed by atoms with van der Waals surface area (Å²) in [5.74, 6) is 2.80. The summed E-state index contributed by atoms with van der Waals surface area (Å²) in [6, 6.07) is 0.236. The predicted octanol–water partition coefficient (Wildman–Crippen LogP) is 1.95. The molecule has 1 aromatic heterocycles. The maximum absolute atomic E-state index is 5.38. The average molecular weight is 296 g/mol. The molecule has 0 aliphatic carbocycles. The van der Waals surface area contributed by atoms with E-state index in [4.69, 9.17) is 4.52 Å². The molecule has 0 amide bonds. The minimum absolute atomic E-state index is 0.236. The molecule has 0 radical (unpaired) electrons. The van der Waals surface area contributed by atoms with Crippen LogP contribution >= 0.6 is 11.8 Å². The van der Waals surface area contributed by atoms with E-state index in [-0.39, 0.29) is 6.04 Å². The topological polar surface area (TPSA) is 45.4 Å². The van der Waals surface area contributed by atoms with Gasteiger partial charge < -0.3 is 4.52 Å². The largest absolute Gasteiger partial charge is 0.338 e. The molecule has 0 saturated carbocycles. The maximum atomic E-state index is 5.38. The Hall–Kier alpha value is -0.590. The molecule has 2 aliphatic heterocycles. The number of likely N-dealkylation sites (N-methyl/N-ethyl adjacent to an activating group) is 1. The van der Waals surface area contributed by atoms with Crippen LogP contribution in [0.4, 0.5) is 0 Å². The third-order valence-electron chi connectivity index (χ3n) is 4.42. The zero-order chi connectivity index (χ0) is 14.2. The minimum Gasteiger partial charge on any atom is -0.338 e. The zero-order valence-corrected chi connectivity index (χ0v) is 13.4. The summed E-state index contributed by atoms with van der Waals surface area (Å²) in [5.41, 5.74) is 0. The van der Waals surface area contributed by atoms with Crippen LogP contribution < -0.4 is 0 Å². The van der Waals surface area contributed by atoms with Crippen LogP contribution in [0.3, 0.4) is 0 Å². The molecular weight excluding hydrogens is 272 g/mol. The van der Waals surface area contributed by atoms with Crippen molar-refractivity contribution in [2.45, 2.75) is 37.5 Å². The monoisotopic (exact) mass is 296 g/mol. The summed E-state index contributed by atoms with van der Waals surface area (Å²) in [6.07, 6.45) is 2.70. The van der Waals surface area contributed by atoms with Crippen molar-refractivity contribution in [1.29, 1.82) is 0 Å². The quantitative estimate of drug-likeness (QED) is 0.849. The lowest BCUT2D eigenvalue weighted by atomic mass is 10.0. The minimum atomic E-state index is 0.236. The van der Waals surface area contributed by atoms with E-state index in [9.17, 15) is 0 Å². The van der Waals surface area contributed by atoms with Gasteiger partial charge in [-0.15, -0.1) is 0 Å². The molecule has 2 fully saturated rings. The maximum Gasteiger partial charge on any atom is 0.245 e. The third kappa shape index (κ3) is 3.02. The summed E-state index contributed by atoms with van der Waals surface area (Å²) in [7, 11) is 2.15. The van der Waals surface area contributed by atoms with Crippen LogP contribution in [0.5, 0.6) is 0 Å². The second-order valence-corrected chi connectivity index (χ2v) is 8.00. The third-order valence-corrected chi connectivity index (χ3v) is 5.94. The van der Waals surface area contributed by atoms with Gasteiger partial charge in [-0.05, 0) is 39.5 Å². The fraction of sp³-hybridized carbons (Fsp3) is 0.857. The molecular formula is C14H24N4OS. The fourth-order valence-electron chi connectivity index (χ4n) is 3.22. The van der Waals surface area contributed by atoms with Crippen LogP contribution in [0.25, 0.3) is 0 Å². The van der Waals surface area contributed by atoms with Crippen LogP contribution in [-0.2, 0) is 0 Å². The van der Waals surface area contributed by atoms with Gasteiger partial charge in [0.1, 0.15) is 6.04 Å². The SMILES string of the molecule is Cc1noc(C2CN(CC3(C)CCCS3)CCN2C)n1. The molecule has 112 valence electrons. The Morgan fingerprint density at radius 3 is 2.95 bits per heavy atom. The number of hydrogen-bond donors (Lipinski definition) is 0. The van der Waals surface area contributed by atoms with E-state index >= 15 is 0 Å². The highest BCUT2D eigenvalue weighted by Gasteiger charge is 2.36. The zero-order valence-electron chi connectivity index (χ0n) is 12.6. The number of rotatable bonds is 3. The molecule has 1 aromatic rings. The number of aromatic nitrogens is 2. The highest BCUT2D eigenvalue weighted by molar-refractivity contribution is 8.00. The Bertz CT molecular complexity index is 458. The lowest BCUT2D eigenvalue weighted by Gasteiger charge is -2.40. The Morgan fingerprint density at radius 2 is 2.30 bits per heavy atom. The Labute approximate surface area is 125 Å². The van der Waals surface area contributed by atoms with Crippen molar-refractivity contribution in [3.05, 3.63) is 11.7 Å². The average Bonchev–Trinajstić information content (AvgIpc) is 3.01. The van der Waals surface area contributed by atoms with Crippen molar-refractivity contribution in [2.24, 2.45) is 0 Å². The van der Waals surface area contributed by atoms with Gasteiger partial charge in [-0.25, -0.2) is 0 Å². The van der Waals surface area contributed by atoms with E-state index < -0.39 is 0 Å². The highest BCUT2D eigenvalue weighted by Crippen LogP contribution is 2.39. The standard InChI is InChI=1S/C14H24N4OS/c1-11-15-13(19-16-11)12-9-18(7-6-17(12)3)10-14(2)5-4-8-20-14/h12H,4-10H2,1-3H3. The molecule has 0 aromatic carbocycles. The van der Waals surface area contributed by atoms with Gasteiger partial charge in [-0.2, -0.15) is 16.7 Å². The van der Waals surface area contributed by atoms with Gasteiger partial charge in [0, 0.05) is 30.9 Å². The van der Waals surface area contributed by atoms with Gasteiger partial charge in [0.05, 0.1) is 0 Å². The number of piperazine rings is 1. The van der Waals surface area contributed by atoms with Crippen LogP contribution in [0.2, 0.25) is 0 Å². The van der Waals surface area contributed by atoms with Crippen molar-refractivity contribution in [3.63, 3.8) is 0 Å². The van der Waals surface area contributed by atoms with E-state index in [0.717, 1.165) is 31.3 Å². The Morgan fingerprint density at radius 1 is 1.45 bits per heavy atom. The molecule has 2 aliphatic rings. The first-order chi connectivity index (χ1) is 9.56. The van der Waals surface area contributed by atoms with Gasteiger partial charge in [0.2, 0.25) is 5.89 Å². The van der Waals surface area contributed by atoms with E-state index in [1.807, 2.05) is 6.92 Å². The van der Waals surface area contributed by atoms with Crippen molar-refractivity contribution >= 4 is 11.8 Å². The van der Waals surface area contributed by atoms with Crippen molar-refractivity contribution < 1.29 is 4.52 Å². The molecule has 2 saturated heterocycles. The molecule has 2 unspecified atom stereocenters. The number of nitrogens with zero attached hydrogens (tertiary/aromatic N) is 4. The fourth-order valence-corrected chi connectivity index (χ4v) is 4.57. The first-order valence-corrected chi connectivity index (χ1v) is 8.41. The summed E-state index contributed by atoms with van der Waals surface area (Å²) >= 11 is 2.13. The summed E-state index contributed by atoms with van der Waals surface area (Å²) in [5, 5.41) is 3.93. The van der Waals surface area contributed by atoms with Crippen LogP contribution in [0.1, 0.15) is 37.5 Å². The summed E-state index contributed by atoms with van der Waals surface area (Å²) in [6.45, 7) is 8.66. The second kappa shape index (κ2) is 5.66. The molecule has 0 N–H and O–H groups in total. The van der Waals surface area contributed by atoms with E-state index in [1.165, 1.54) is 25.1 Å². The first-order valence-electron chi connectivity index (χ1n) is 7.42. The van der Waals surface area contributed by atoms with Gasteiger partial charge in [0.25, 0.3) is 0 Å². The number of aryl methyl sites for hydroxylation is 1. The van der Waals surface area contributed by atoms with Crippen molar-refractivity contribution in [1.82, 2.24) is 19.9 Å². The summed E-state index contributed by atoms with van der Waals surface area (Å²) in [4.78, 5) is 9.32. The lowest BCUT2D eigenvalue weighted by molar-refractivity contribution is 0.0706. The second-order valence-electron chi connectivity index (χ2n) is 6.31. The Kier molecular flexibility index (Phi) is 4.06. The Balaban J connectivity index is 1.66. The smallest absolute Gasteiger partial charge is 0.245 e. The molecule has 0 spiro atoms. The molecule has 2 atom stereocenters. The number of hydrogen-bond acceptors (Lipinski definition) is 6. The molecule has 0 bridgehead atoms. The van der Waals surface area contributed by atoms with E-state index in [2.05, 4.69) is 45.7 Å². The van der Waals surface area contributed by atoms with Crippen LogP contribution in [-0.4, -0.2) is 63.7 Å². The highest BCUT2D eigenvalue weighted by atomic mass is 32.2. The van der Waals surface area contributed by atoms with Crippen molar-refractivity contribution in [3.8, 4) is 0 Å². The molecule has 3 rings (SSSR count). The lowest BCUT2D eigenvalue weighted by Crippen LogP contribution is -2.50. The van der Waals surface area contributed by atoms with Gasteiger partial charge >= 0.3 is 0 Å². The predicted molar refractivity (Wildman–Crippen MR) is 80.9 cm³/mol. The van der Waals surface area contributed by atoms with Crippen molar-refractivity contribution in [2.75, 3.05) is 39.0 Å².